The Kier molecular flexibility index (Phi) is 6.64. The topological polar surface area (TPSA) is 41.5 Å². The highest BCUT2D eigenvalue weighted by Gasteiger charge is 2.06. The largest absolute Gasteiger partial charge is 0.391 e. The third kappa shape index (κ3) is 5.61. The second-order valence-electron chi connectivity index (χ2n) is 4.04. The minimum atomic E-state index is -0.355. The van der Waals surface area contributed by atoms with Crippen LogP contribution in [0.1, 0.15) is 18.2 Å². The van der Waals surface area contributed by atoms with E-state index < -0.39 is 0 Å². The number of rotatable bonds is 8. The van der Waals surface area contributed by atoms with E-state index in [-0.39, 0.29) is 6.10 Å². The molecule has 0 amide bonds. The van der Waals surface area contributed by atoms with Crippen molar-refractivity contribution in [1.29, 1.82) is 0 Å². The lowest BCUT2D eigenvalue weighted by molar-refractivity contribution is 0.0591. The molecule has 0 aromatic carbocycles. The van der Waals surface area contributed by atoms with Crippen LogP contribution in [0, 0.1) is 0 Å². The van der Waals surface area contributed by atoms with E-state index in [1.807, 2.05) is 0 Å². The van der Waals surface area contributed by atoms with E-state index in [0.29, 0.717) is 12.6 Å². The Morgan fingerprint density at radius 1 is 1.56 bits per heavy atom. The summed E-state index contributed by atoms with van der Waals surface area (Å²) >= 11 is 1.79. The van der Waals surface area contributed by atoms with Crippen LogP contribution in [0.3, 0.4) is 0 Å². The van der Waals surface area contributed by atoms with Crippen LogP contribution in [-0.2, 0) is 11.2 Å². The van der Waals surface area contributed by atoms with Crippen molar-refractivity contribution in [3.8, 4) is 0 Å². The van der Waals surface area contributed by atoms with Crippen LogP contribution in [0.25, 0.3) is 0 Å². The number of aliphatic hydroxyl groups excluding tert-OH is 1. The van der Waals surface area contributed by atoms with E-state index in [1.165, 1.54) is 4.88 Å². The Morgan fingerprint density at radius 3 is 3.00 bits per heavy atom. The Balaban J connectivity index is 2.08. The first-order valence-corrected chi connectivity index (χ1v) is 6.53. The van der Waals surface area contributed by atoms with Gasteiger partial charge in [0.1, 0.15) is 0 Å². The van der Waals surface area contributed by atoms with Crippen molar-refractivity contribution in [2.45, 2.75) is 31.9 Å². The van der Waals surface area contributed by atoms with E-state index in [9.17, 15) is 5.11 Å². The van der Waals surface area contributed by atoms with Gasteiger partial charge in [0.25, 0.3) is 0 Å². The van der Waals surface area contributed by atoms with Gasteiger partial charge in [0.2, 0.25) is 0 Å². The third-order valence-corrected chi connectivity index (χ3v) is 3.32. The summed E-state index contributed by atoms with van der Waals surface area (Å²) in [4.78, 5) is 1.40. The molecule has 2 atom stereocenters. The first-order chi connectivity index (χ1) is 7.72. The quantitative estimate of drug-likeness (QED) is 0.730. The second kappa shape index (κ2) is 7.79. The van der Waals surface area contributed by atoms with Gasteiger partial charge < -0.3 is 15.2 Å². The standard InChI is InChI=1S/C12H21NO2S/c1-10(8-12-4-3-7-16-12)13-6-5-11(14)9-15-2/h3-4,7,10-11,13-14H,5-6,8-9H2,1-2H3. The normalized spacial score (nSPS) is 14.9. The van der Waals surface area contributed by atoms with E-state index in [4.69, 9.17) is 4.74 Å². The molecule has 2 unspecified atom stereocenters. The van der Waals surface area contributed by atoms with Crippen molar-refractivity contribution in [2.24, 2.45) is 0 Å². The maximum absolute atomic E-state index is 9.46. The highest BCUT2D eigenvalue weighted by atomic mass is 32.1. The zero-order chi connectivity index (χ0) is 11.8. The van der Waals surface area contributed by atoms with Crippen LogP contribution in [0.4, 0.5) is 0 Å². The molecule has 3 nitrogen and oxygen atoms in total. The van der Waals surface area contributed by atoms with Gasteiger partial charge >= 0.3 is 0 Å². The maximum Gasteiger partial charge on any atom is 0.0785 e. The molecule has 0 radical (unpaired) electrons. The number of thiophene rings is 1. The minimum absolute atomic E-state index is 0.355. The second-order valence-corrected chi connectivity index (χ2v) is 5.07. The monoisotopic (exact) mass is 243 g/mol. The fraction of sp³-hybridized carbons (Fsp3) is 0.667. The van der Waals surface area contributed by atoms with Crippen molar-refractivity contribution >= 4 is 11.3 Å². The number of aliphatic hydroxyl groups is 1. The van der Waals surface area contributed by atoms with E-state index in [1.54, 1.807) is 18.4 Å². The number of nitrogens with one attached hydrogen (secondary N) is 1. The van der Waals surface area contributed by atoms with Gasteiger partial charge in [-0.25, -0.2) is 0 Å². The number of ether oxygens (including phenoxy) is 1. The van der Waals surface area contributed by atoms with E-state index in [0.717, 1.165) is 19.4 Å². The molecule has 1 aromatic heterocycles. The minimum Gasteiger partial charge on any atom is -0.391 e. The lowest BCUT2D eigenvalue weighted by Crippen LogP contribution is -2.31. The van der Waals surface area contributed by atoms with Crippen LogP contribution in [0.15, 0.2) is 17.5 Å². The Morgan fingerprint density at radius 2 is 2.38 bits per heavy atom. The summed E-state index contributed by atoms with van der Waals surface area (Å²) in [6, 6.07) is 4.69. The van der Waals surface area contributed by atoms with Gasteiger partial charge in [0, 0.05) is 18.0 Å². The Hall–Kier alpha value is -0.420. The Labute approximate surface area is 101 Å². The molecule has 0 spiro atoms. The molecule has 4 heteroatoms. The summed E-state index contributed by atoms with van der Waals surface area (Å²) in [6.07, 6.45) is 1.44. The molecule has 92 valence electrons. The van der Waals surface area contributed by atoms with Crippen LogP contribution < -0.4 is 5.32 Å². The number of methoxy groups -OCH3 is 1. The predicted molar refractivity (Wildman–Crippen MR) is 68.0 cm³/mol. The smallest absolute Gasteiger partial charge is 0.0785 e. The lowest BCUT2D eigenvalue weighted by atomic mass is 10.2. The average Bonchev–Trinajstić information content (AvgIpc) is 2.70. The van der Waals surface area contributed by atoms with Gasteiger partial charge in [0.15, 0.2) is 0 Å². The molecule has 0 aliphatic heterocycles. The van der Waals surface area contributed by atoms with Crippen LogP contribution in [-0.4, -0.2) is 37.5 Å². The summed E-state index contributed by atoms with van der Waals surface area (Å²) in [6.45, 7) is 3.42. The van der Waals surface area contributed by atoms with Crippen LogP contribution >= 0.6 is 11.3 Å². The number of hydrogen-bond donors (Lipinski definition) is 2. The van der Waals surface area contributed by atoms with Gasteiger partial charge in [-0.15, -0.1) is 11.3 Å². The molecule has 0 saturated carbocycles. The van der Waals surface area contributed by atoms with E-state index in [2.05, 4.69) is 29.8 Å². The van der Waals surface area contributed by atoms with Crippen molar-refractivity contribution < 1.29 is 9.84 Å². The molecule has 1 aromatic rings. The van der Waals surface area contributed by atoms with Gasteiger partial charge in [-0.1, -0.05) is 6.07 Å². The molecule has 16 heavy (non-hydrogen) atoms. The van der Waals surface area contributed by atoms with E-state index >= 15 is 0 Å². The fourth-order valence-corrected chi connectivity index (χ4v) is 2.41. The molecule has 0 saturated heterocycles. The zero-order valence-corrected chi connectivity index (χ0v) is 10.8. The number of hydrogen-bond acceptors (Lipinski definition) is 4. The molecular formula is C12H21NO2S. The molecular weight excluding hydrogens is 222 g/mol. The highest BCUT2D eigenvalue weighted by Crippen LogP contribution is 2.10. The fourth-order valence-electron chi connectivity index (χ4n) is 1.57. The molecule has 0 aliphatic carbocycles. The zero-order valence-electron chi connectivity index (χ0n) is 9.98. The maximum atomic E-state index is 9.46. The van der Waals surface area contributed by atoms with Crippen molar-refractivity contribution in [2.75, 3.05) is 20.3 Å². The summed E-state index contributed by atoms with van der Waals surface area (Å²) in [7, 11) is 1.61. The first kappa shape index (κ1) is 13.6. The van der Waals surface area contributed by atoms with Crippen LogP contribution in [0.5, 0.6) is 0 Å². The highest BCUT2D eigenvalue weighted by molar-refractivity contribution is 7.09. The third-order valence-electron chi connectivity index (χ3n) is 2.42. The van der Waals surface area contributed by atoms with Gasteiger partial charge in [0.05, 0.1) is 12.7 Å². The molecule has 0 aliphatic rings. The predicted octanol–water partition coefficient (Wildman–Crippen LogP) is 1.67. The van der Waals surface area contributed by atoms with Gasteiger partial charge in [-0.05, 0) is 37.8 Å². The van der Waals surface area contributed by atoms with Crippen LogP contribution in [0.2, 0.25) is 0 Å². The molecule has 0 bridgehead atoms. The van der Waals surface area contributed by atoms with Crippen molar-refractivity contribution in [1.82, 2.24) is 5.32 Å². The van der Waals surface area contributed by atoms with Gasteiger partial charge in [-0.2, -0.15) is 0 Å². The summed E-state index contributed by atoms with van der Waals surface area (Å²) in [5.74, 6) is 0. The molecule has 0 fully saturated rings. The summed E-state index contributed by atoms with van der Waals surface area (Å²) < 4.78 is 4.87. The molecule has 2 N–H and O–H groups in total. The lowest BCUT2D eigenvalue weighted by Gasteiger charge is -2.14. The van der Waals surface area contributed by atoms with Crippen molar-refractivity contribution in [3.05, 3.63) is 22.4 Å². The Bertz CT molecular complexity index is 264. The first-order valence-electron chi connectivity index (χ1n) is 5.65. The van der Waals surface area contributed by atoms with Crippen molar-refractivity contribution in [3.63, 3.8) is 0 Å². The molecule has 1 heterocycles. The summed E-state index contributed by atoms with van der Waals surface area (Å²) in [5, 5.41) is 15.0. The average molecular weight is 243 g/mol. The molecule has 1 rings (SSSR count). The summed E-state index contributed by atoms with van der Waals surface area (Å²) in [5.41, 5.74) is 0. The van der Waals surface area contributed by atoms with Gasteiger partial charge in [-0.3, -0.25) is 0 Å². The SMILES string of the molecule is COCC(O)CCNC(C)Cc1cccs1.